The fraction of sp³-hybridized carbons (Fsp3) is 0.444. The van der Waals surface area contributed by atoms with Crippen molar-refractivity contribution in [3.8, 4) is 0 Å². The van der Waals surface area contributed by atoms with E-state index in [0.717, 1.165) is 23.2 Å². The Bertz CT molecular complexity index is 1250. The second-order valence-corrected chi connectivity index (χ2v) is 7.57. The maximum Gasteiger partial charge on any atom is 0.332 e. The highest BCUT2D eigenvalue weighted by Gasteiger charge is 2.35. The van der Waals surface area contributed by atoms with Crippen molar-refractivity contribution < 1.29 is 0 Å². The number of hydrogen-bond acceptors (Lipinski definition) is 5. The third-order valence-electron chi connectivity index (χ3n) is 5.86. The van der Waals surface area contributed by atoms with Crippen molar-refractivity contribution in [2.75, 3.05) is 18.0 Å². The number of aromatic nitrogens is 5. The van der Waals surface area contributed by atoms with Crippen LogP contribution in [0.4, 0.5) is 5.95 Å². The van der Waals surface area contributed by atoms with Crippen LogP contribution in [0.1, 0.15) is 18.0 Å². The van der Waals surface area contributed by atoms with Crippen molar-refractivity contribution in [2.24, 2.45) is 20.0 Å². The monoisotopic (exact) mass is 368 g/mol. The van der Waals surface area contributed by atoms with Crippen LogP contribution in [-0.2, 0) is 20.6 Å². The largest absolute Gasteiger partial charge is 0.341 e. The molecule has 0 saturated carbocycles. The standard InChI is InChI=1S/C18H20N6O3/c1-21-15-14(16(26)22(2)18(21)27)19-17(20-15)23-7-10-6-11(9-23)12-4-3-5-13(25)24(12)8-10/h3-5,10-11H,6-9H2,1-2H3,(H,19,20). The van der Waals surface area contributed by atoms with E-state index in [9.17, 15) is 14.4 Å². The van der Waals surface area contributed by atoms with Gasteiger partial charge in [0.25, 0.3) is 11.1 Å². The quantitative estimate of drug-likeness (QED) is 0.639. The molecule has 3 aromatic heterocycles. The topological polar surface area (TPSA) is 97.9 Å². The fourth-order valence-corrected chi connectivity index (χ4v) is 4.53. The zero-order valence-electron chi connectivity index (χ0n) is 15.2. The second-order valence-electron chi connectivity index (χ2n) is 7.57. The van der Waals surface area contributed by atoms with E-state index in [1.165, 1.54) is 11.6 Å². The van der Waals surface area contributed by atoms with Gasteiger partial charge >= 0.3 is 5.69 Å². The van der Waals surface area contributed by atoms with Gasteiger partial charge in [-0.15, -0.1) is 0 Å². The van der Waals surface area contributed by atoms with E-state index in [0.29, 0.717) is 36.1 Å². The molecule has 0 aromatic carbocycles. The Morgan fingerprint density at radius 1 is 1.07 bits per heavy atom. The highest BCUT2D eigenvalue weighted by molar-refractivity contribution is 5.73. The van der Waals surface area contributed by atoms with Crippen LogP contribution >= 0.6 is 0 Å². The van der Waals surface area contributed by atoms with Crippen LogP contribution < -0.4 is 21.7 Å². The van der Waals surface area contributed by atoms with Crippen LogP contribution in [0.3, 0.4) is 0 Å². The van der Waals surface area contributed by atoms with Gasteiger partial charge in [0.1, 0.15) is 0 Å². The molecular formula is C18H20N6O3. The molecule has 0 radical (unpaired) electrons. The summed E-state index contributed by atoms with van der Waals surface area (Å²) < 4.78 is 4.35. The Morgan fingerprint density at radius 3 is 2.70 bits per heavy atom. The van der Waals surface area contributed by atoms with Crippen molar-refractivity contribution >= 4 is 17.1 Å². The molecule has 9 nitrogen and oxygen atoms in total. The maximum atomic E-state index is 12.4. The third-order valence-corrected chi connectivity index (χ3v) is 5.86. The predicted molar refractivity (Wildman–Crippen MR) is 100 cm³/mol. The van der Waals surface area contributed by atoms with Crippen molar-refractivity contribution in [1.82, 2.24) is 23.7 Å². The van der Waals surface area contributed by atoms with E-state index in [2.05, 4.69) is 14.9 Å². The highest BCUT2D eigenvalue weighted by Crippen LogP contribution is 2.36. The summed E-state index contributed by atoms with van der Waals surface area (Å²) in [4.78, 5) is 46.5. The summed E-state index contributed by atoms with van der Waals surface area (Å²) in [7, 11) is 3.08. The number of nitrogens with zero attached hydrogens (tertiary/aromatic N) is 5. The van der Waals surface area contributed by atoms with Gasteiger partial charge in [-0.3, -0.25) is 18.7 Å². The number of nitrogens with one attached hydrogen (secondary N) is 1. The van der Waals surface area contributed by atoms with Gasteiger partial charge in [0, 0.05) is 51.4 Å². The van der Waals surface area contributed by atoms with E-state index >= 15 is 0 Å². The number of fused-ring (bicyclic) bond motifs is 5. The summed E-state index contributed by atoms with van der Waals surface area (Å²) >= 11 is 0. The van der Waals surface area contributed by atoms with Crippen LogP contribution in [0, 0.1) is 5.92 Å². The van der Waals surface area contributed by atoms with Crippen molar-refractivity contribution in [1.29, 1.82) is 0 Å². The first-order chi connectivity index (χ1) is 12.9. The molecule has 2 atom stereocenters. The molecule has 2 unspecified atom stereocenters. The lowest BCUT2D eigenvalue weighted by molar-refractivity contribution is 0.280. The van der Waals surface area contributed by atoms with E-state index in [1.807, 2.05) is 16.7 Å². The number of piperidine rings is 1. The number of imidazole rings is 1. The van der Waals surface area contributed by atoms with Crippen molar-refractivity contribution in [3.05, 3.63) is 55.1 Å². The Morgan fingerprint density at radius 2 is 1.89 bits per heavy atom. The van der Waals surface area contributed by atoms with Gasteiger partial charge in [-0.25, -0.2) is 4.79 Å². The molecule has 0 amide bonds. The first-order valence-electron chi connectivity index (χ1n) is 9.04. The average Bonchev–Trinajstić information content (AvgIpc) is 3.11. The molecule has 140 valence electrons. The molecule has 2 bridgehead atoms. The molecule has 27 heavy (non-hydrogen) atoms. The van der Waals surface area contributed by atoms with Crippen LogP contribution in [0.5, 0.6) is 0 Å². The zero-order valence-corrected chi connectivity index (χ0v) is 15.2. The average molecular weight is 368 g/mol. The van der Waals surface area contributed by atoms with Crippen LogP contribution in [0.25, 0.3) is 11.2 Å². The van der Waals surface area contributed by atoms with E-state index in [1.54, 1.807) is 13.1 Å². The minimum Gasteiger partial charge on any atom is -0.341 e. The van der Waals surface area contributed by atoms with Gasteiger partial charge in [0.15, 0.2) is 11.2 Å². The summed E-state index contributed by atoms with van der Waals surface area (Å²) in [5.41, 5.74) is 1.04. The molecule has 9 heteroatoms. The summed E-state index contributed by atoms with van der Waals surface area (Å²) in [5, 5.41) is 0. The van der Waals surface area contributed by atoms with Gasteiger partial charge in [0.2, 0.25) is 5.95 Å². The Balaban J connectivity index is 1.59. The highest BCUT2D eigenvalue weighted by atomic mass is 16.2. The zero-order chi connectivity index (χ0) is 18.9. The minimum absolute atomic E-state index is 0.0536. The van der Waals surface area contributed by atoms with E-state index < -0.39 is 5.69 Å². The summed E-state index contributed by atoms with van der Waals surface area (Å²) in [6.45, 7) is 2.17. The van der Waals surface area contributed by atoms with E-state index in [4.69, 9.17) is 0 Å². The lowest BCUT2D eigenvalue weighted by Crippen LogP contribution is -2.47. The molecule has 2 aliphatic rings. The molecule has 1 fully saturated rings. The van der Waals surface area contributed by atoms with Crippen LogP contribution in [-0.4, -0.2) is 36.8 Å². The Hall–Kier alpha value is -3.10. The summed E-state index contributed by atoms with van der Waals surface area (Å²) in [6.07, 6.45) is 1.04. The van der Waals surface area contributed by atoms with Crippen LogP contribution in [0.2, 0.25) is 0 Å². The number of anilines is 1. The molecule has 0 aliphatic carbocycles. The summed E-state index contributed by atoms with van der Waals surface area (Å²) in [6, 6.07) is 5.44. The van der Waals surface area contributed by atoms with Crippen molar-refractivity contribution in [2.45, 2.75) is 18.9 Å². The fourth-order valence-electron chi connectivity index (χ4n) is 4.53. The lowest BCUT2D eigenvalue weighted by Gasteiger charge is -2.42. The van der Waals surface area contributed by atoms with Crippen LogP contribution in [0.15, 0.2) is 32.6 Å². The third kappa shape index (κ3) is 2.23. The number of pyridine rings is 1. The van der Waals surface area contributed by atoms with Gasteiger partial charge < -0.3 is 14.5 Å². The van der Waals surface area contributed by atoms with E-state index in [-0.39, 0.29) is 17.0 Å². The molecule has 2 aliphatic heterocycles. The number of hydrogen-bond donors (Lipinski definition) is 1. The predicted octanol–water partition coefficient (Wildman–Crippen LogP) is -0.254. The molecule has 1 saturated heterocycles. The van der Waals surface area contributed by atoms with Gasteiger partial charge in [0.05, 0.1) is 0 Å². The molecule has 0 spiro atoms. The van der Waals surface area contributed by atoms with Gasteiger partial charge in [-0.05, 0) is 18.4 Å². The summed E-state index contributed by atoms with van der Waals surface area (Å²) in [5.74, 6) is 1.19. The molecule has 5 rings (SSSR count). The number of aromatic amines is 1. The lowest BCUT2D eigenvalue weighted by atomic mass is 9.83. The SMILES string of the molecule is Cn1c(=O)c2[nH]c(N3CC4CC(C3)c3cccc(=O)n3C4)nc2n(C)c1=O. The molecular weight excluding hydrogens is 348 g/mol. The Kier molecular flexibility index (Phi) is 3.25. The smallest absolute Gasteiger partial charge is 0.332 e. The molecule has 1 N–H and O–H groups in total. The normalized spacial score (nSPS) is 21.5. The minimum atomic E-state index is -0.394. The first kappa shape index (κ1) is 16.1. The first-order valence-corrected chi connectivity index (χ1v) is 9.04. The van der Waals surface area contributed by atoms with Crippen molar-refractivity contribution in [3.63, 3.8) is 0 Å². The Labute approximate surface area is 153 Å². The number of rotatable bonds is 1. The molecule has 5 heterocycles. The molecule has 3 aromatic rings. The number of aryl methyl sites for hydroxylation is 1. The van der Waals surface area contributed by atoms with Gasteiger partial charge in [-0.1, -0.05) is 6.07 Å². The maximum absolute atomic E-state index is 12.4. The second kappa shape index (κ2) is 5.45. The number of H-pyrrole nitrogens is 1. The van der Waals surface area contributed by atoms with Gasteiger partial charge in [-0.2, -0.15) is 4.98 Å².